The number of hydrogen-bond acceptors (Lipinski definition) is 3. The lowest BCUT2D eigenvalue weighted by molar-refractivity contribution is -0.918. The van der Waals surface area contributed by atoms with E-state index in [0.29, 0.717) is 26.2 Å². The largest absolute Gasteiger partial charge is 0.450 e. The number of carbonyl (C=O) groups excluding carboxylic acids is 2. The molecule has 1 saturated heterocycles. The third-order valence-electron chi connectivity index (χ3n) is 4.25. The lowest BCUT2D eigenvalue weighted by Crippen LogP contribution is -3.19. The molecule has 126 valence electrons. The second-order valence-corrected chi connectivity index (χ2v) is 5.77. The van der Waals surface area contributed by atoms with E-state index in [1.807, 2.05) is 37.3 Å². The van der Waals surface area contributed by atoms with Gasteiger partial charge >= 0.3 is 6.09 Å². The minimum absolute atomic E-state index is 0.0495. The van der Waals surface area contributed by atoms with Crippen molar-refractivity contribution in [2.45, 2.75) is 26.4 Å². The first kappa shape index (κ1) is 17.3. The predicted octanol–water partition coefficient (Wildman–Crippen LogP) is 0.0483. The molecule has 1 fully saturated rings. The summed E-state index contributed by atoms with van der Waals surface area (Å²) >= 11 is 0. The zero-order valence-electron chi connectivity index (χ0n) is 13.9. The minimum Gasteiger partial charge on any atom is -0.450 e. The van der Waals surface area contributed by atoms with Crippen molar-refractivity contribution in [1.29, 1.82) is 0 Å². The Morgan fingerprint density at radius 2 is 1.91 bits per heavy atom. The number of carbonyl (C=O) groups is 2. The summed E-state index contributed by atoms with van der Waals surface area (Å²) in [6.07, 6.45) is -0.257. The average Bonchev–Trinajstić information content (AvgIpc) is 2.60. The van der Waals surface area contributed by atoms with E-state index in [2.05, 4.69) is 5.32 Å². The Kier molecular flexibility index (Phi) is 6.40. The van der Waals surface area contributed by atoms with Crippen LogP contribution < -0.4 is 10.2 Å². The molecule has 0 unspecified atom stereocenters. The average molecular weight is 320 g/mol. The summed E-state index contributed by atoms with van der Waals surface area (Å²) in [4.78, 5) is 26.9. The number of ether oxygens (including phenoxy) is 1. The summed E-state index contributed by atoms with van der Waals surface area (Å²) in [5, 5.41) is 2.99. The van der Waals surface area contributed by atoms with Crippen LogP contribution in [0.25, 0.3) is 0 Å². The van der Waals surface area contributed by atoms with Gasteiger partial charge in [0.25, 0.3) is 5.91 Å². The van der Waals surface area contributed by atoms with Gasteiger partial charge in [0.15, 0.2) is 6.04 Å². The lowest BCUT2D eigenvalue weighted by Gasteiger charge is -2.34. The summed E-state index contributed by atoms with van der Waals surface area (Å²) in [7, 11) is 0. The molecule has 2 rings (SSSR count). The van der Waals surface area contributed by atoms with Crippen LogP contribution in [0.1, 0.15) is 19.4 Å². The predicted molar refractivity (Wildman–Crippen MR) is 87.0 cm³/mol. The summed E-state index contributed by atoms with van der Waals surface area (Å²) in [5.41, 5.74) is 1.09. The van der Waals surface area contributed by atoms with E-state index in [9.17, 15) is 9.59 Å². The maximum absolute atomic E-state index is 12.3. The highest BCUT2D eigenvalue weighted by Gasteiger charge is 2.31. The number of hydrogen-bond donors (Lipinski definition) is 2. The summed E-state index contributed by atoms with van der Waals surface area (Å²) in [5.74, 6) is 0.0495. The van der Waals surface area contributed by atoms with Crippen molar-refractivity contribution < 1.29 is 19.2 Å². The van der Waals surface area contributed by atoms with Crippen molar-refractivity contribution in [2.75, 3.05) is 32.8 Å². The lowest BCUT2D eigenvalue weighted by atomic mass is 10.2. The zero-order chi connectivity index (χ0) is 16.7. The van der Waals surface area contributed by atoms with Crippen LogP contribution in [0.2, 0.25) is 0 Å². The Labute approximate surface area is 137 Å². The molecule has 2 amide bonds. The molecule has 1 aromatic carbocycles. The van der Waals surface area contributed by atoms with Gasteiger partial charge < -0.3 is 15.0 Å². The number of nitrogens with one attached hydrogen (secondary N) is 2. The van der Waals surface area contributed by atoms with E-state index in [0.717, 1.165) is 18.7 Å². The molecule has 0 saturated carbocycles. The van der Waals surface area contributed by atoms with Crippen molar-refractivity contribution in [1.82, 2.24) is 10.2 Å². The fourth-order valence-corrected chi connectivity index (χ4v) is 2.75. The van der Waals surface area contributed by atoms with Gasteiger partial charge in [0.2, 0.25) is 0 Å². The fraction of sp³-hybridized carbons (Fsp3) is 0.529. The van der Waals surface area contributed by atoms with Crippen LogP contribution in [-0.2, 0) is 16.1 Å². The van der Waals surface area contributed by atoms with Crippen LogP contribution in [0.3, 0.4) is 0 Å². The van der Waals surface area contributed by atoms with E-state index in [4.69, 9.17) is 4.74 Å². The van der Waals surface area contributed by atoms with Gasteiger partial charge in [-0.2, -0.15) is 0 Å². The van der Waals surface area contributed by atoms with Gasteiger partial charge in [0.05, 0.1) is 32.8 Å². The molecule has 0 aromatic heterocycles. The standard InChI is InChI=1S/C17H25N3O3/c1-3-23-17(22)20-11-9-19(10-12-20)14(2)16(21)18-13-15-7-5-4-6-8-15/h4-8,14H,3,9-13H2,1-2H3,(H,18,21)/p+1/t14-/m1/s1. The van der Waals surface area contributed by atoms with Gasteiger partial charge in [-0.3, -0.25) is 9.69 Å². The SMILES string of the molecule is CCOC(=O)N1CC[NH+]([C@H](C)C(=O)NCc2ccccc2)CC1. The fourth-order valence-electron chi connectivity index (χ4n) is 2.75. The Morgan fingerprint density at radius 3 is 2.52 bits per heavy atom. The molecule has 1 aromatic rings. The second-order valence-electron chi connectivity index (χ2n) is 5.77. The Bertz CT molecular complexity index is 513. The molecular weight excluding hydrogens is 294 g/mol. The second kappa shape index (κ2) is 8.53. The summed E-state index contributed by atoms with van der Waals surface area (Å²) in [6.45, 7) is 7.47. The third kappa shape index (κ3) is 4.96. The van der Waals surface area contributed by atoms with Crippen LogP contribution in [0.5, 0.6) is 0 Å². The topological polar surface area (TPSA) is 63.1 Å². The summed E-state index contributed by atoms with van der Waals surface area (Å²) < 4.78 is 5.01. The molecule has 2 N–H and O–H groups in total. The maximum atomic E-state index is 12.3. The number of benzene rings is 1. The molecule has 0 bridgehead atoms. The van der Waals surface area contributed by atoms with Gasteiger partial charge in [-0.1, -0.05) is 30.3 Å². The van der Waals surface area contributed by atoms with E-state index in [-0.39, 0.29) is 18.0 Å². The van der Waals surface area contributed by atoms with Gasteiger partial charge in [0.1, 0.15) is 0 Å². The normalized spacial score (nSPS) is 16.7. The van der Waals surface area contributed by atoms with Crippen LogP contribution in [-0.4, -0.2) is 55.7 Å². The quantitative estimate of drug-likeness (QED) is 0.806. The highest BCUT2D eigenvalue weighted by molar-refractivity contribution is 5.79. The molecule has 23 heavy (non-hydrogen) atoms. The van der Waals surface area contributed by atoms with E-state index >= 15 is 0 Å². The highest BCUT2D eigenvalue weighted by Crippen LogP contribution is 1.98. The van der Waals surface area contributed by atoms with Crippen molar-refractivity contribution >= 4 is 12.0 Å². The molecule has 1 atom stereocenters. The minimum atomic E-state index is -0.257. The van der Waals surface area contributed by atoms with Crippen LogP contribution in [0.15, 0.2) is 30.3 Å². The Hall–Kier alpha value is -2.08. The van der Waals surface area contributed by atoms with Crippen LogP contribution in [0.4, 0.5) is 4.79 Å². The molecule has 1 heterocycles. The van der Waals surface area contributed by atoms with Crippen LogP contribution in [0, 0.1) is 0 Å². The molecule has 6 nitrogen and oxygen atoms in total. The molecule has 0 spiro atoms. The maximum Gasteiger partial charge on any atom is 0.410 e. The van der Waals surface area contributed by atoms with E-state index < -0.39 is 0 Å². The van der Waals surface area contributed by atoms with E-state index in [1.54, 1.807) is 11.8 Å². The van der Waals surface area contributed by atoms with E-state index in [1.165, 1.54) is 4.90 Å². The highest BCUT2D eigenvalue weighted by atomic mass is 16.6. The summed E-state index contributed by atoms with van der Waals surface area (Å²) in [6, 6.07) is 9.76. The molecule has 1 aliphatic heterocycles. The third-order valence-corrected chi connectivity index (χ3v) is 4.25. The number of rotatable bonds is 5. The molecule has 0 radical (unpaired) electrons. The van der Waals surface area contributed by atoms with Crippen molar-refractivity contribution in [3.63, 3.8) is 0 Å². The van der Waals surface area contributed by atoms with Crippen molar-refractivity contribution in [2.24, 2.45) is 0 Å². The first-order valence-electron chi connectivity index (χ1n) is 8.19. The van der Waals surface area contributed by atoms with Crippen LogP contribution >= 0.6 is 0 Å². The zero-order valence-corrected chi connectivity index (χ0v) is 13.9. The first-order chi connectivity index (χ1) is 11.1. The van der Waals surface area contributed by atoms with Gasteiger partial charge in [-0.25, -0.2) is 4.79 Å². The van der Waals surface area contributed by atoms with Crippen molar-refractivity contribution in [3.05, 3.63) is 35.9 Å². The molecule has 0 aliphatic carbocycles. The Morgan fingerprint density at radius 1 is 1.26 bits per heavy atom. The molecular formula is C17H26N3O3+. The number of quaternary nitrogens is 1. The van der Waals surface area contributed by atoms with Gasteiger partial charge in [0, 0.05) is 6.54 Å². The number of nitrogens with zero attached hydrogens (tertiary/aromatic N) is 1. The number of piperazine rings is 1. The van der Waals surface area contributed by atoms with Gasteiger partial charge in [-0.05, 0) is 19.4 Å². The molecule has 1 aliphatic rings. The monoisotopic (exact) mass is 320 g/mol. The first-order valence-corrected chi connectivity index (χ1v) is 8.19. The smallest absolute Gasteiger partial charge is 0.410 e. The molecule has 6 heteroatoms. The Balaban J connectivity index is 1.76. The number of amides is 2. The van der Waals surface area contributed by atoms with Gasteiger partial charge in [-0.15, -0.1) is 0 Å². The van der Waals surface area contributed by atoms with Crippen molar-refractivity contribution in [3.8, 4) is 0 Å².